The van der Waals surface area contributed by atoms with E-state index in [1.54, 1.807) is 48.2 Å². The molecule has 1 aliphatic rings. The minimum Gasteiger partial charge on any atom is -0.461 e. The third-order valence-corrected chi connectivity index (χ3v) is 13.0. The van der Waals surface area contributed by atoms with Crippen molar-refractivity contribution in [3.05, 3.63) is 141 Å². The quantitative estimate of drug-likeness (QED) is 0.0588. The minimum atomic E-state index is -0.402. The number of likely N-dealkylation sites (N-methyl/N-ethyl adjacent to an activating group) is 1. The van der Waals surface area contributed by atoms with Gasteiger partial charge in [0.15, 0.2) is 5.78 Å². The van der Waals surface area contributed by atoms with Crippen LogP contribution in [0.3, 0.4) is 0 Å². The zero-order valence-electron chi connectivity index (χ0n) is 37.4. The van der Waals surface area contributed by atoms with E-state index < -0.39 is 5.97 Å². The van der Waals surface area contributed by atoms with Gasteiger partial charge in [-0.1, -0.05) is 82.3 Å². The zero-order valence-corrected chi connectivity index (χ0v) is 38.2. The predicted molar refractivity (Wildman–Crippen MR) is 247 cm³/mol. The molecule has 63 heavy (non-hydrogen) atoms. The number of hydrogen-bond acceptors (Lipinski definition) is 9. The van der Waals surface area contributed by atoms with E-state index >= 15 is 0 Å². The zero-order chi connectivity index (χ0) is 45.1. The van der Waals surface area contributed by atoms with Crippen LogP contribution in [-0.2, 0) is 46.9 Å². The molecule has 2 aromatic heterocycles. The molecule has 0 spiro atoms. The number of fused-ring (bicyclic) bond motifs is 1. The van der Waals surface area contributed by atoms with Gasteiger partial charge in [0.2, 0.25) is 5.91 Å². The lowest BCUT2D eigenvalue weighted by Gasteiger charge is -2.32. The van der Waals surface area contributed by atoms with Gasteiger partial charge in [-0.2, -0.15) is 5.10 Å². The molecule has 0 aliphatic heterocycles. The van der Waals surface area contributed by atoms with Crippen LogP contribution in [0.15, 0.2) is 91.3 Å². The number of amides is 3. The van der Waals surface area contributed by atoms with Crippen LogP contribution in [0.5, 0.6) is 0 Å². The van der Waals surface area contributed by atoms with Gasteiger partial charge in [-0.3, -0.25) is 33.6 Å². The number of nitrogens with one attached hydrogen (secondary N) is 2. The Labute approximate surface area is 375 Å². The molecule has 6 rings (SSSR count). The van der Waals surface area contributed by atoms with E-state index in [-0.39, 0.29) is 54.4 Å². The molecular weight excluding hydrogens is 813 g/mol. The molecule has 2 heterocycles. The highest BCUT2D eigenvalue weighted by atomic mass is 32.1. The Bertz CT molecular complexity index is 2400. The fourth-order valence-electron chi connectivity index (χ4n) is 8.12. The summed E-state index contributed by atoms with van der Waals surface area (Å²) in [4.78, 5) is 71.3. The second-order valence-corrected chi connectivity index (χ2v) is 18.2. The molecule has 12 nitrogen and oxygen atoms in total. The van der Waals surface area contributed by atoms with Crippen molar-refractivity contribution >= 4 is 45.8 Å². The Morgan fingerprint density at radius 2 is 1.54 bits per heavy atom. The second kappa shape index (κ2) is 21.4. The molecule has 3 amide bonds. The maximum Gasteiger partial charge on any atom is 0.306 e. The molecule has 0 atom stereocenters. The molecule has 1 aliphatic carbocycles. The summed E-state index contributed by atoms with van der Waals surface area (Å²) in [7, 11) is 3.36. The number of rotatable bonds is 20. The molecule has 3 aromatic carbocycles. The Morgan fingerprint density at radius 1 is 0.857 bits per heavy atom. The van der Waals surface area contributed by atoms with E-state index in [0.717, 1.165) is 59.2 Å². The first-order valence-electron chi connectivity index (χ1n) is 21.9. The van der Waals surface area contributed by atoms with Crippen molar-refractivity contribution in [3.8, 4) is 0 Å². The lowest BCUT2D eigenvalue weighted by atomic mass is 9.76. The molecule has 0 fully saturated rings. The largest absolute Gasteiger partial charge is 0.461 e. The lowest BCUT2D eigenvalue weighted by Crippen LogP contribution is -2.41. The molecular formula is C50H60N6O6S. The number of benzene rings is 3. The number of aromatic nitrogens is 2. The molecule has 13 heteroatoms. The summed E-state index contributed by atoms with van der Waals surface area (Å²) < 4.78 is 7.05. The summed E-state index contributed by atoms with van der Waals surface area (Å²) in [6.07, 6.45) is 7.70. The van der Waals surface area contributed by atoms with Crippen molar-refractivity contribution in [3.63, 3.8) is 0 Å². The highest BCUT2D eigenvalue weighted by Gasteiger charge is 2.34. The molecule has 5 aromatic rings. The molecule has 0 saturated carbocycles. The summed E-state index contributed by atoms with van der Waals surface area (Å²) in [5.41, 5.74) is 5.78. The minimum absolute atomic E-state index is 0.0193. The van der Waals surface area contributed by atoms with Gasteiger partial charge < -0.3 is 20.3 Å². The normalized spacial score (nSPS) is 13.1. The van der Waals surface area contributed by atoms with Crippen molar-refractivity contribution in [1.29, 1.82) is 0 Å². The van der Waals surface area contributed by atoms with Gasteiger partial charge in [0.25, 0.3) is 11.8 Å². The average molecular weight is 873 g/mol. The maximum atomic E-state index is 14.4. The van der Waals surface area contributed by atoms with Gasteiger partial charge in [-0.25, -0.2) is 0 Å². The van der Waals surface area contributed by atoms with Crippen molar-refractivity contribution < 1.29 is 28.7 Å². The highest BCUT2D eigenvalue weighted by Crippen LogP contribution is 2.44. The van der Waals surface area contributed by atoms with Gasteiger partial charge in [0.1, 0.15) is 11.6 Å². The molecule has 0 radical (unpaired) electrons. The number of carbonyl (C=O) groups excluding carboxylic acids is 5. The van der Waals surface area contributed by atoms with Crippen LogP contribution >= 0.6 is 11.3 Å². The van der Waals surface area contributed by atoms with Crippen LogP contribution in [0.2, 0.25) is 0 Å². The van der Waals surface area contributed by atoms with E-state index in [4.69, 9.17) is 4.74 Å². The van der Waals surface area contributed by atoms with Crippen molar-refractivity contribution in [2.45, 2.75) is 98.4 Å². The smallest absolute Gasteiger partial charge is 0.306 e. The first-order valence-corrected chi connectivity index (χ1v) is 22.7. The van der Waals surface area contributed by atoms with E-state index in [0.29, 0.717) is 53.4 Å². The number of ketones is 1. The van der Waals surface area contributed by atoms with Gasteiger partial charge >= 0.3 is 5.97 Å². The molecule has 0 bridgehead atoms. The number of hydrogen-bond donors (Lipinski definition) is 2. The van der Waals surface area contributed by atoms with Crippen LogP contribution in [0, 0.1) is 5.41 Å². The number of esters is 1. The van der Waals surface area contributed by atoms with Crippen molar-refractivity contribution in [2.75, 3.05) is 32.5 Å². The first-order chi connectivity index (χ1) is 30.3. The summed E-state index contributed by atoms with van der Waals surface area (Å²) in [5.74, 6) is -1.18. The Balaban J connectivity index is 1.12. The number of nitrogens with zero attached hydrogens (tertiary/aromatic N) is 4. The van der Waals surface area contributed by atoms with Gasteiger partial charge in [-0.15, -0.1) is 11.3 Å². The lowest BCUT2D eigenvalue weighted by molar-refractivity contribution is -0.147. The summed E-state index contributed by atoms with van der Waals surface area (Å²) >= 11 is 1.48. The SMILES string of the molecule is CCC(CC)N(CCN(C)C(=O)CCC(=O)OCc1ccccc1)Cc1cccc(C(=O)Nc2sc3c(c2C(=O)c2cnn(Cc4cccc(C(=O)NC)c4)c2)CCC(C)(C)C3)c1. The summed E-state index contributed by atoms with van der Waals surface area (Å²) in [6.45, 7) is 11.0. The molecule has 2 N–H and O–H groups in total. The van der Waals surface area contributed by atoms with Crippen LogP contribution in [-0.4, -0.2) is 82.3 Å². The fourth-order valence-corrected chi connectivity index (χ4v) is 9.62. The second-order valence-electron chi connectivity index (χ2n) is 17.1. The van der Waals surface area contributed by atoms with E-state index in [9.17, 15) is 24.0 Å². The van der Waals surface area contributed by atoms with E-state index in [1.165, 1.54) is 11.3 Å². The molecule has 0 saturated heterocycles. The van der Waals surface area contributed by atoms with Crippen LogP contribution < -0.4 is 10.6 Å². The van der Waals surface area contributed by atoms with Gasteiger partial charge in [0.05, 0.1) is 30.3 Å². The Hall–Kier alpha value is -5.92. The Kier molecular flexibility index (Phi) is 15.9. The fraction of sp³-hybridized carbons (Fsp3) is 0.400. The topological polar surface area (TPSA) is 143 Å². The number of thiophene rings is 1. The van der Waals surface area contributed by atoms with E-state index in [2.05, 4.69) is 48.3 Å². The molecule has 0 unspecified atom stereocenters. The third kappa shape index (κ3) is 12.4. The summed E-state index contributed by atoms with van der Waals surface area (Å²) in [6, 6.07) is 24.6. The molecule has 332 valence electrons. The van der Waals surface area contributed by atoms with Gasteiger partial charge in [-0.05, 0) is 84.0 Å². The Morgan fingerprint density at radius 3 is 2.25 bits per heavy atom. The predicted octanol–water partition coefficient (Wildman–Crippen LogP) is 8.32. The average Bonchev–Trinajstić information content (AvgIpc) is 3.90. The third-order valence-electron chi connectivity index (χ3n) is 11.9. The van der Waals surface area contributed by atoms with E-state index in [1.807, 2.05) is 66.7 Å². The maximum absolute atomic E-state index is 14.4. The van der Waals surface area contributed by atoms with Crippen LogP contribution in [0.1, 0.15) is 124 Å². The number of anilines is 1. The number of ether oxygens (including phenoxy) is 1. The standard InChI is InChI=1S/C50H60N6O6S/c1-7-40(8-2)55(25-24-54(6)43(57)20-21-44(58)62-33-34-14-10-9-11-15-34)30-35-16-12-19-38(26-35)48(61)53-49-45(41-22-23-50(3,4)28-42(41)63-49)46(59)39-29-52-56(32-39)31-36-17-13-18-37(27-36)47(60)51-5/h9-19,26-27,29,32,40H,7-8,20-25,28,30-31,33H2,1-6H3,(H,51,60)(H,53,61). The van der Waals surface area contributed by atoms with Crippen LogP contribution in [0.25, 0.3) is 0 Å². The van der Waals surface area contributed by atoms with Crippen molar-refractivity contribution in [2.24, 2.45) is 5.41 Å². The van der Waals surface area contributed by atoms with Crippen molar-refractivity contribution in [1.82, 2.24) is 24.9 Å². The summed E-state index contributed by atoms with van der Waals surface area (Å²) in [5, 5.41) is 10.8. The van der Waals surface area contributed by atoms with Gasteiger partial charge in [0, 0.05) is 68.4 Å². The number of carbonyl (C=O) groups is 5. The van der Waals surface area contributed by atoms with Crippen LogP contribution in [0.4, 0.5) is 5.00 Å². The monoisotopic (exact) mass is 872 g/mol. The first kappa shape index (κ1) is 46.6. The highest BCUT2D eigenvalue weighted by molar-refractivity contribution is 7.17.